The van der Waals surface area contributed by atoms with E-state index >= 15 is 0 Å². The number of hydrogen-bond donors (Lipinski definition) is 1. The van der Waals surface area contributed by atoms with E-state index in [2.05, 4.69) is 26.2 Å². The van der Waals surface area contributed by atoms with Gasteiger partial charge in [0, 0.05) is 17.3 Å². The van der Waals surface area contributed by atoms with Crippen molar-refractivity contribution in [2.45, 2.75) is 45.8 Å². The van der Waals surface area contributed by atoms with Crippen LogP contribution in [-0.4, -0.2) is 16.6 Å². The average Bonchev–Trinajstić information content (AvgIpc) is 2.13. The number of carbonyl (C=O) groups is 1. The lowest BCUT2D eigenvalue weighted by Crippen LogP contribution is -2.43. The molecule has 0 aliphatic rings. The first-order valence-corrected chi connectivity index (χ1v) is 6.53. The van der Waals surface area contributed by atoms with Gasteiger partial charge in [0.25, 0.3) is 0 Å². The van der Waals surface area contributed by atoms with Gasteiger partial charge in [-0.2, -0.15) is 0 Å². The number of alkyl carbamates (subject to hydrolysis) is 1. The molecule has 4 nitrogen and oxygen atoms in total. The minimum Gasteiger partial charge on any atom is -0.439 e. The maximum atomic E-state index is 11.8. The van der Waals surface area contributed by atoms with Crippen LogP contribution in [0, 0.1) is 0 Å². The van der Waals surface area contributed by atoms with Crippen molar-refractivity contribution in [2.24, 2.45) is 0 Å². The molecule has 0 fully saturated rings. The Hall–Kier alpha value is -1.10. The zero-order valence-corrected chi connectivity index (χ0v) is 13.0. The smallest absolute Gasteiger partial charge is 0.408 e. The molecule has 1 heterocycles. The minimum atomic E-state index is -0.748. The number of halogens is 1. The fraction of sp³-hybridized carbons (Fsp3) is 0.538. The predicted octanol–water partition coefficient (Wildman–Crippen LogP) is 3.60. The van der Waals surface area contributed by atoms with Crippen LogP contribution >= 0.6 is 15.9 Å². The Bertz CT molecular complexity index is 439. The first kappa shape index (κ1) is 15.0. The second kappa shape index (κ2) is 5.26. The van der Waals surface area contributed by atoms with Crippen molar-refractivity contribution in [3.63, 3.8) is 0 Å². The minimum absolute atomic E-state index is 0.320. The van der Waals surface area contributed by atoms with Gasteiger partial charge in [-0.05, 0) is 56.6 Å². The number of nitrogens with zero attached hydrogens (tertiary/aromatic N) is 1. The molecule has 18 heavy (non-hydrogen) atoms. The van der Waals surface area contributed by atoms with Crippen LogP contribution in [0.5, 0.6) is 0 Å². The van der Waals surface area contributed by atoms with Crippen molar-refractivity contribution >= 4 is 22.0 Å². The van der Waals surface area contributed by atoms with Crippen LogP contribution in [-0.2, 0) is 10.3 Å². The quantitative estimate of drug-likeness (QED) is 0.848. The summed E-state index contributed by atoms with van der Waals surface area (Å²) < 4.78 is 6.14. The molecule has 1 amide bonds. The SMILES string of the molecule is CC(C)(C)NC(=O)OC(C)(C)c1cccnc1Br. The van der Waals surface area contributed by atoms with Crippen LogP contribution in [0.2, 0.25) is 0 Å². The van der Waals surface area contributed by atoms with E-state index in [9.17, 15) is 4.79 Å². The Morgan fingerprint density at radius 2 is 1.94 bits per heavy atom. The van der Waals surface area contributed by atoms with Crippen molar-refractivity contribution in [1.82, 2.24) is 10.3 Å². The third-order valence-corrected chi connectivity index (χ3v) is 2.86. The van der Waals surface area contributed by atoms with Crippen molar-refractivity contribution in [3.05, 3.63) is 28.5 Å². The van der Waals surface area contributed by atoms with E-state index in [1.807, 2.05) is 46.8 Å². The van der Waals surface area contributed by atoms with Crippen LogP contribution in [0.15, 0.2) is 22.9 Å². The largest absolute Gasteiger partial charge is 0.439 e. The molecule has 1 rings (SSSR count). The summed E-state index contributed by atoms with van der Waals surface area (Å²) in [7, 11) is 0. The van der Waals surface area contributed by atoms with Crippen LogP contribution in [0.25, 0.3) is 0 Å². The monoisotopic (exact) mass is 314 g/mol. The van der Waals surface area contributed by atoms with Gasteiger partial charge in [-0.3, -0.25) is 0 Å². The summed E-state index contributed by atoms with van der Waals surface area (Å²) in [5.41, 5.74) is -0.240. The predicted molar refractivity (Wildman–Crippen MR) is 74.3 cm³/mol. The highest BCUT2D eigenvalue weighted by molar-refractivity contribution is 9.10. The zero-order valence-electron chi connectivity index (χ0n) is 11.4. The Morgan fingerprint density at radius 3 is 2.44 bits per heavy atom. The van der Waals surface area contributed by atoms with E-state index in [1.54, 1.807) is 6.20 Å². The number of nitrogens with one attached hydrogen (secondary N) is 1. The van der Waals surface area contributed by atoms with E-state index in [0.29, 0.717) is 4.60 Å². The normalized spacial score (nSPS) is 12.1. The number of rotatable bonds is 2. The van der Waals surface area contributed by atoms with Gasteiger partial charge in [-0.15, -0.1) is 0 Å². The van der Waals surface area contributed by atoms with Gasteiger partial charge in [0.15, 0.2) is 0 Å². The van der Waals surface area contributed by atoms with Crippen molar-refractivity contribution in [2.75, 3.05) is 0 Å². The van der Waals surface area contributed by atoms with Crippen molar-refractivity contribution in [1.29, 1.82) is 0 Å². The number of amides is 1. The maximum absolute atomic E-state index is 11.8. The summed E-state index contributed by atoms with van der Waals surface area (Å²) in [4.78, 5) is 15.9. The number of carbonyl (C=O) groups excluding carboxylic acids is 1. The molecule has 0 spiro atoms. The molecule has 0 aliphatic heterocycles. The molecule has 0 bridgehead atoms. The van der Waals surface area contributed by atoms with Crippen LogP contribution in [0.3, 0.4) is 0 Å². The van der Waals surface area contributed by atoms with Gasteiger partial charge < -0.3 is 10.1 Å². The van der Waals surface area contributed by atoms with Gasteiger partial charge in [0.05, 0.1) is 0 Å². The summed E-state index contributed by atoms with van der Waals surface area (Å²) >= 11 is 3.36. The number of hydrogen-bond acceptors (Lipinski definition) is 3. The van der Waals surface area contributed by atoms with Crippen molar-refractivity contribution < 1.29 is 9.53 Å². The fourth-order valence-electron chi connectivity index (χ4n) is 1.45. The first-order valence-electron chi connectivity index (χ1n) is 5.74. The standard InChI is InChI=1S/C13H19BrN2O2/c1-12(2,3)16-11(17)18-13(4,5)9-7-6-8-15-10(9)14/h6-8H,1-5H3,(H,16,17). The lowest BCUT2D eigenvalue weighted by Gasteiger charge is -2.29. The maximum Gasteiger partial charge on any atom is 0.408 e. The summed E-state index contributed by atoms with van der Waals surface area (Å²) in [6.07, 6.45) is 1.24. The number of aromatic nitrogens is 1. The van der Waals surface area contributed by atoms with E-state index < -0.39 is 11.7 Å². The molecule has 0 aliphatic carbocycles. The molecule has 100 valence electrons. The molecule has 1 N–H and O–H groups in total. The Balaban J connectivity index is 2.83. The van der Waals surface area contributed by atoms with Crippen LogP contribution in [0.1, 0.15) is 40.2 Å². The molecule has 0 aromatic carbocycles. The summed E-state index contributed by atoms with van der Waals surface area (Å²) in [5.74, 6) is 0. The average molecular weight is 315 g/mol. The second-order valence-electron chi connectivity index (χ2n) is 5.62. The molecule has 1 aromatic rings. The Morgan fingerprint density at radius 1 is 1.33 bits per heavy atom. The van der Waals surface area contributed by atoms with E-state index in [0.717, 1.165) is 5.56 Å². The lowest BCUT2D eigenvalue weighted by molar-refractivity contribution is 0.0314. The van der Waals surface area contributed by atoms with E-state index in [4.69, 9.17) is 4.74 Å². The van der Waals surface area contributed by atoms with Crippen LogP contribution in [0.4, 0.5) is 4.79 Å². The second-order valence-corrected chi connectivity index (χ2v) is 6.37. The molecule has 0 radical (unpaired) electrons. The molecule has 0 atom stereocenters. The number of ether oxygens (including phenoxy) is 1. The molecular weight excluding hydrogens is 296 g/mol. The number of pyridine rings is 1. The van der Waals surface area contributed by atoms with E-state index in [-0.39, 0.29) is 5.54 Å². The lowest BCUT2D eigenvalue weighted by atomic mass is 10.0. The van der Waals surface area contributed by atoms with Gasteiger partial charge in [-0.25, -0.2) is 9.78 Å². The molecule has 0 unspecified atom stereocenters. The molecule has 0 saturated heterocycles. The molecule has 0 saturated carbocycles. The Kier molecular flexibility index (Phi) is 4.37. The van der Waals surface area contributed by atoms with Gasteiger partial charge in [0.2, 0.25) is 0 Å². The highest BCUT2D eigenvalue weighted by Gasteiger charge is 2.29. The molecule has 5 heteroatoms. The molecular formula is C13H19BrN2O2. The Labute approximate surface area is 116 Å². The molecule has 1 aromatic heterocycles. The summed E-state index contributed by atoms with van der Waals surface area (Å²) in [6.45, 7) is 9.37. The first-order chi connectivity index (χ1) is 8.12. The van der Waals surface area contributed by atoms with Gasteiger partial charge >= 0.3 is 6.09 Å². The van der Waals surface area contributed by atoms with Crippen molar-refractivity contribution in [3.8, 4) is 0 Å². The third-order valence-electron chi connectivity index (χ3n) is 2.23. The zero-order chi connectivity index (χ0) is 14.0. The summed E-state index contributed by atoms with van der Waals surface area (Å²) in [6, 6.07) is 3.69. The van der Waals surface area contributed by atoms with Gasteiger partial charge in [0.1, 0.15) is 10.2 Å². The highest BCUT2D eigenvalue weighted by atomic mass is 79.9. The van der Waals surface area contributed by atoms with Gasteiger partial charge in [-0.1, -0.05) is 6.07 Å². The summed E-state index contributed by atoms with van der Waals surface area (Å²) in [5, 5.41) is 2.77. The highest BCUT2D eigenvalue weighted by Crippen LogP contribution is 2.29. The van der Waals surface area contributed by atoms with E-state index in [1.165, 1.54) is 0 Å². The third kappa shape index (κ3) is 4.29. The topological polar surface area (TPSA) is 51.2 Å². The fourth-order valence-corrected chi connectivity index (χ4v) is 2.18. The van der Waals surface area contributed by atoms with Crippen LogP contribution < -0.4 is 5.32 Å².